The van der Waals surface area contributed by atoms with E-state index in [9.17, 15) is 9.59 Å². The number of carbonyl (C=O) groups is 2. The molecule has 0 spiro atoms. The fourth-order valence-corrected chi connectivity index (χ4v) is 4.23. The molecule has 3 aromatic rings. The summed E-state index contributed by atoms with van der Waals surface area (Å²) in [6, 6.07) is 11.0. The van der Waals surface area contributed by atoms with E-state index in [0.29, 0.717) is 34.3 Å². The molecule has 3 rings (SSSR count). The summed E-state index contributed by atoms with van der Waals surface area (Å²) in [6.07, 6.45) is 0. The molecule has 140 valence electrons. The maximum atomic E-state index is 12.8. The molecule has 27 heavy (non-hydrogen) atoms. The van der Waals surface area contributed by atoms with Gasteiger partial charge in [-0.25, -0.2) is 4.98 Å². The van der Waals surface area contributed by atoms with Crippen LogP contribution >= 0.6 is 22.7 Å². The Morgan fingerprint density at radius 2 is 1.89 bits per heavy atom. The highest BCUT2D eigenvalue weighted by atomic mass is 32.1. The third-order valence-corrected chi connectivity index (χ3v) is 6.02. The maximum Gasteiger partial charge on any atom is 0.267 e. The van der Waals surface area contributed by atoms with E-state index < -0.39 is 0 Å². The summed E-state index contributed by atoms with van der Waals surface area (Å²) in [4.78, 5) is 31.3. The van der Waals surface area contributed by atoms with Crippen LogP contribution in [0.3, 0.4) is 0 Å². The molecule has 0 bridgehead atoms. The molecule has 0 saturated carbocycles. The molecule has 2 amide bonds. The Balaban J connectivity index is 1.80. The molecule has 2 aromatic heterocycles. The van der Waals surface area contributed by atoms with Crippen molar-refractivity contribution in [2.45, 2.75) is 20.8 Å². The Kier molecular flexibility index (Phi) is 6.03. The number of anilines is 1. The van der Waals surface area contributed by atoms with Crippen molar-refractivity contribution in [2.75, 3.05) is 11.9 Å². The van der Waals surface area contributed by atoms with E-state index in [1.165, 1.54) is 11.3 Å². The summed E-state index contributed by atoms with van der Waals surface area (Å²) < 4.78 is 0. The highest BCUT2D eigenvalue weighted by Gasteiger charge is 2.19. The number of thiazole rings is 1. The lowest BCUT2D eigenvalue weighted by atomic mass is 10.1. The van der Waals surface area contributed by atoms with E-state index in [1.807, 2.05) is 38.3 Å². The van der Waals surface area contributed by atoms with Crippen LogP contribution in [-0.2, 0) is 0 Å². The van der Waals surface area contributed by atoms with Crippen molar-refractivity contribution in [1.82, 2.24) is 10.3 Å². The molecule has 0 aliphatic carbocycles. The first kappa shape index (κ1) is 19.3. The number of aryl methyl sites for hydroxylation is 1. The molecule has 0 radical (unpaired) electrons. The van der Waals surface area contributed by atoms with Crippen molar-refractivity contribution in [3.05, 3.63) is 57.9 Å². The summed E-state index contributed by atoms with van der Waals surface area (Å²) in [7, 11) is 0. The summed E-state index contributed by atoms with van der Waals surface area (Å²) in [5, 5.41) is 8.57. The van der Waals surface area contributed by atoms with Crippen LogP contribution in [0.25, 0.3) is 9.88 Å². The zero-order chi connectivity index (χ0) is 19.4. The van der Waals surface area contributed by atoms with Crippen LogP contribution in [0.5, 0.6) is 0 Å². The second kappa shape index (κ2) is 8.45. The van der Waals surface area contributed by atoms with E-state index in [0.717, 1.165) is 9.88 Å². The second-order valence-electron chi connectivity index (χ2n) is 6.51. The van der Waals surface area contributed by atoms with Gasteiger partial charge in [0.15, 0.2) is 0 Å². The second-order valence-corrected chi connectivity index (χ2v) is 8.46. The number of nitrogens with one attached hydrogen (secondary N) is 2. The minimum absolute atomic E-state index is 0.195. The monoisotopic (exact) mass is 399 g/mol. The standard InChI is InChI=1S/C20H21N3O2S2/c1-12(2)11-21-18(24)14-7-4-5-8-15(14)23-19(25)17-13(3)22-20(27-17)16-9-6-10-26-16/h4-10,12H,11H2,1-3H3,(H,21,24)(H,23,25). The number of hydrogen-bond donors (Lipinski definition) is 2. The van der Waals surface area contributed by atoms with Gasteiger partial charge in [0, 0.05) is 6.54 Å². The summed E-state index contributed by atoms with van der Waals surface area (Å²) in [5.41, 5.74) is 1.63. The number of hydrogen-bond acceptors (Lipinski definition) is 5. The number of benzene rings is 1. The van der Waals surface area contributed by atoms with Gasteiger partial charge < -0.3 is 10.6 Å². The number of rotatable bonds is 6. The van der Waals surface area contributed by atoms with Crippen molar-refractivity contribution in [1.29, 1.82) is 0 Å². The van der Waals surface area contributed by atoms with Gasteiger partial charge in [0.25, 0.3) is 11.8 Å². The van der Waals surface area contributed by atoms with Gasteiger partial charge in [-0.05, 0) is 36.4 Å². The van der Waals surface area contributed by atoms with Gasteiger partial charge >= 0.3 is 0 Å². The lowest BCUT2D eigenvalue weighted by molar-refractivity contribution is 0.0950. The smallest absolute Gasteiger partial charge is 0.267 e. The van der Waals surface area contributed by atoms with E-state index in [2.05, 4.69) is 15.6 Å². The number of amides is 2. The molecular formula is C20H21N3O2S2. The fraction of sp³-hybridized carbons (Fsp3) is 0.250. The Bertz CT molecular complexity index is 946. The van der Waals surface area contributed by atoms with E-state index >= 15 is 0 Å². The SMILES string of the molecule is Cc1nc(-c2cccs2)sc1C(=O)Nc1ccccc1C(=O)NCC(C)C. The van der Waals surface area contributed by atoms with Crippen LogP contribution in [0.4, 0.5) is 5.69 Å². The Morgan fingerprint density at radius 1 is 1.11 bits per heavy atom. The average Bonchev–Trinajstić information content (AvgIpc) is 3.29. The molecule has 2 N–H and O–H groups in total. The number of aromatic nitrogens is 1. The van der Waals surface area contributed by atoms with Crippen LogP contribution in [0.15, 0.2) is 41.8 Å². The van der Waals surface area contributed by atoms with E-state index in [1.54, 1.807) is 35.6 Å². The van der Waals surface area contributed by atoms with Crippen molar-refractivity contribution in [2.24, 2.45) is 5.92 Å². The van der Waals surface area contributed by atoms with Gasteiger partial charge in [-0.3, -0.25) is 9.59 Å². The first-order valence-electron chi connectivity index (χ1n) is 8.65. The molecule has 0 unspecified atom stereocenters. The molecule has 0 aliphatic heterocycles. The van der Waals surface area contributed by atoms with E-state index in [4.69, 9.17) is 0 Å². The highest BCUT2D eigenvalue weighted by molar-refractivity contribution is 7.22. The van der Waals surface area contributed by atoms with Crippen molar-refractivity contribution in [3.63, 3.8) is 0 Å². The van der Waals surface area contributed by atoms with Crippen LogP contribution in [0, 0.1) is 12.8 Å². The molecule has 2 heterocycles. The Hall–Kier alpha value is -2.51. The van der Waals surface area contributed by atoms with Crippen LogP contribution in [0.1, 0.15) is 39.6 Å². The third-order valence-electron chi connectivity index (χ3n) is 3.83. The lowest BCUT2D eigenvalue weighted by Crippen LogP contribution is -2.28. The van der Waals surface area contributed by atoms with Crippen molar-refractivity contribution in [3.8, 4) is 9.88 Å². The average molecular weight is 400 g/mol. The predicted octanol–water partition coefficient (Wildman–Crippen LogP) is 4.82. The molecule has 5 nitrogen and oxygen atoms in total. The zero-order valence-corrected chi connectivity index (χ0v) is 17.0. The largest absolute Gasteiger partial charge is 0.352 e. The zero-order valence-electron chi connectivity index (χ0n) is 15.4. The van der Waals surface area contributed by atoms with Crippen molar-refractivity contribution < 1.29 is 9.59 Å². The fourth-order valence-electron chi connectivity index (χ4n) is 2.47. The first-order valence-corrected chi connectivity index (χ1v) is 10.3. The normalized spacial score (nSPS) is 10.8. The number of nitrogens with zero attached hydrogens (tertiary/aromatic N) is 1. The highest BCUT2D eigenvalue weighted by Crippen LogP contribution is 2.31. The number of carbonyl (C=O) groups excluding carboxylic acids is 2. The Labute approximate surface area is 166 Å². The van der Waals surface area contributed by atoms with E-state index in [-0.39, 0.29) is 11.8 Å². The Morgan fingerprint density at radius 3 is 2.59 bits per heavy atom. The minimum Gasteiger partial charge on any atom is -0.352 e. The van der Waals surface area contributed by atoms with Gasteiger partial charge in [-0.1, -0.05) is 32.0 Å². The molecule has 0 saturated heterocycles. The molecule has 1 aromatic carbocycles. The summed E-state index contributed by atoms with van der Waals surface area (Å²) in [5.74, 6) is -0.0944. The first-order chi connectivity index (χ1) is 13.0. The maximum absolute atomic E-state index is 12.8. The van der Waals surface area contributed by atoms with Crippen LogP contribution < -0.4 is 10.6 Å². The lowest BCUT2D eigenvalue weighted by Gasteiger charge is -2.12. The number of thiophene rings is 1. The van der Waals surface area contributed by atoms with Crippen molar-refractivity contribution >= 4 is 40.2 Å². The van der Waals surface area contributed by atoms with Crippen LogP contribution in [-0.4, -0.2) is 23.3 Å². The van der Waals surface area contributed by atoms with Gasteiger partial charge in [-0.15, -0.1) is 22.7 Å². The van der Waals surface area contributed by atoms with Gasteiger partial charge in [0.1, 0.15) is 9.88 Å². The third kappa shape index (κ3) is 4.61. The predicted molar refractivity (Wildman–Crippen MR) is 112 cm³/mol. The van der Waals surface area contributed by atoms with Gasteiger partial charge in [-0.2, -0.15) is 0 Å². The molecule has 7 heteroatoms. The minimum atomic E-state index is -0.253. The van der Waals surface area contributed by atoms with Crippen LogP contribution in [0.2, 0.25) is 0 Å². The molecule has 0 fully saturated rings. The summed E-state index contributed by atoms with van der Waals surface area (Å²) in [6.45, 7) is 6.47. The quantitative estimate of drug-likeness (QED) is 0.624. The summed E-state index contributed by atoms with van der Waals surface area (Å²) >= 11 is 2.95. The topological polar surface area (TPSA) is 71.1 Å². The van der Waals surface area contributed by atoms with Gasteiger partial charge in [0.05, 0.1) is 21.8 Å². The van der Waals surface area contributed by atoms with Gasteiger partial charge in [0.2, 0.25) is 0 Å². The molecular weight excluding hydrogens is 378 g/mol. The number of para-hydroxylation sites is 1. The molecule has 0 aliphatic rings. The molecule has 0 atom stereocenters.